The molecule has 0 saturated heterocycles. The van der Waals surface area contributed by atoms with Crippen molar-refractivity contribution in [1.29, 1.82) is 0 Å². The van der Waals surface area contributed by atoms with Crippen molar-refractivity contribution in [3.63, 3.8) is 0 Å². The molecule has 0 aromatic carbocycles. The van der Waals surface area contributed by atoms with Crippen LogP contribution in [-0.2, 0) is 15.7 Å². The first-order valence-electron chi connectivity index (χ1n) is 8.33. The number of carbonyl (C=O) groups excluding carboxylic acids is 2. The molecule has 0 fully saturated rings. The summed E-state index contributed by atoms with van der Waals surface area (Å²) in [5.41, 5.74) is 0. The molecule has 0 amide bonds. The number of hydrogen-bond acceptors (Lipinski definition) is 4. The third-order valence-corrected chi connectivity index (χ3v) is 5.02. The minimum absolute atomic E-state index is 0.00310. The van der Waals surface area contributed by atoms with Crippen molar-refractivity contribution < 1.29 is 15.7 Å². The molecule has 4 nitrogen and oxygen atoms in total. The van der Waals surface area contributed by atoms with Gasteiger partial charge in [-0.1, -0.05) is 0 Å². The summed E-state index contributed by atoms with van der Waals surface area (Å²) in [7, 11) is 0. The Hall–Kier alpha value is 0.537. The predicted octanol–water partition coefficient (Wildman–Crippen LogP) is 3.12. The molecule has 0 bridgehead atoms. The zero-order valence-corrected chi connectivity index (χ0v) is 21.2. The summed E-state index contributed by atoms with van der Waals surface area (Å²) in [6.07, 6.45) is 8.40. The Morgan fingerprint density at radius 2 is 1.09 bits per heavy atom. The van der Waals surface area contributed by atoms with Gasteiger partial charge in [-0.15, -0.1) is 0 Å². The molecule has 0 rings (SSSR count). The summed E-state index contributed by atoms with van der Waals surface area (Å²) in [4.78, 5) is 22.1. The summed E-state index contributed by atoms with van der Waals surface area (Å²) >= 11 is 1.19. The molecule has 0 saturated carbocycles. The van der Waals surface area contributed by atoms with E-state index in [0.29, 0.717) is 45.9 Å². The van der Waals surface area contributed by atoms with Crippen LogP contribution in [0.2, 0.25) is 0 Å². The van der Waals surface area contributed by atoms with Gasteiger partial charge in [0.05, 0.1) is 0 Å². The molecular formula is C16H32O4Sn2. The van der Waals surface area contributed by atoms with Crippen molar-refractivity contribution in [2.24, 2.45) is 11.8 Å². The molecule has 0 spiro atoms. The third kappa shape index (κ3) is 13.0. The second-order valence-corrected chi connectivity index (χ2v) is 6.71. The Balaban J connectivity index is 0. The van der Waals surface area contributed by atoms with Crippen LogP contribution in [-0.4, -0.2) is 57.8 Å². The van der Waals surface area contributed by atoms with Crippen LogP contribution in [0.15, 0.2) is 0 Å². The Kier molecular flexibility index (Phi) is 20.1. The molecule has 0 N–H and O–H groups in total. The van der Waals surface area contributed by atoms with E-state index in [4.69, 9.17) is 6.15 Å². The van der Waals surface area contributed by atoms with Crippen molar-refractivity contribution >= 4 is 57.8 Å². The van der Waals surface area contributed by atoms with Gasteiger partial charge in [0.25, 0.3) is 0 Å². The topological polar surface area (TPSA) is 52.6 Å². The fraction of sp³-hybridized carbons (Fsp3) is 0.875. The second kappa shape index (κ2) is 17.9. The van der Waals surface area contributed by atoms with E-state index in [-0.39, 0.29) is 23.8 Å². The van der Waals surface area contributed by atoms with Gasteiger partial charge in [-0.2, -0.15) is 0 Å². The summed E-state index contributed by atoms with van der Waals surface area (Å²) in [6, 6.07) is 0. The maximum absolute atomic E-state index is 11.1. The van der Waals surface area contributed by atoms with Gasteiger partial charge >= 0.3 is 164 Å². The van der Waals surface area contributed by atoms with Gasteiger partial charge in [0.2, 0.25) is 0 Å². The second-order valence-electron chi connectivity index (χ2n) is 5.37. The molecule has 6 heteroatoms. The van der Waals surface area contributed by atoms with Crippen molar-refractivity contribution in [1.82, 2.24) is 0 Å². The zero-order chi connectivity index (χ0) is 17.4. The predicted molar refractivity (Wildman–Crippen MR) is 93.1 cm³/mol. The van der Waals surface area contributed by atoms with Gasteiger partial charge in [0, 0.05) is 0 Å². The molecule has 22 heavy (non-hydrogen) atoms. The minimum atomic E-state index is 0.00310. The number of unbranched alkanes of at least 4 members (excludes halogenated alkanes) is 2. The van der Waals surface area contributed by atoms with Crippen molar-refractivity contribution in [3.8, 4) is 0 Å². The molecule has 0 aliphatic carbocycles. The number of rotatable bonds is 10. The molecule has 0 heterocycles. The Morgan fingerprint density at radius 1 is 0.773 bits per heavy atom. The Labute approximate surface area is 163 Å². The average Bonchev–Trinajstić information content (AvgIpc) is 2.56. The van der Waals surface area contributed by atoms with Crippen LogP contribution >= 0.6 is 0 Å². The van der Waals surface area contributed by atoms with E-state index in [2.05, 4.69) is 13.8 Å². The van der Waals surface area contributed by atoms with Crippen molar-refractivity contribution in [2.45, 2.75) is 79.1 Å². The average molecular weight is 526 g/mol. The molecular weight excluding hydrogens is 494 g/mol. The number of carbonyl (C=O) groups is 2. The first kappa shape index (κ1) is 24.8. The van der Waals surface area contributed by atoms with E-state index in [9.17, 15) is 9.59 Å². The summed E-state index contributed by atoms with van der Waals surface area (Å²) in [5.74, 6) is 0.321. The van der Waals surface area contributed by atoms with E-state index >= 15 is 0 Å². The first-order valence-corrected chi connectivity index (χ1v) is 11.0. The van der Waals surface area contributed by atoms with E-state index in [1.54, 1.807) is 0 Å². The SMILES string of the molecule is CCCCC(CC)C(=O)[O][SnH].CCCCC(CC)C(=O)[O][SnH]. The Morgan fingerprint density at radius 3 is 1.27 bits per heavy atom. The first-order chi connectivity index (χ1) is 10.5. The van der Waals surface area contributed by atoms with E-state index in [0.717, 1.165) is 51.4 Å². The Bertz CT molecular complexity index is 257. The molecule has 4 radical (unpaired) electrons. The van der Waals surface area contributed by atoms with Gasteiger partial charge in [0.1, 0.15) is 0 Å². The van der Waals surface area contributed by atoms with Gasteiger partial charge in [-0.3, -0.25) is 0 Å². The normalized spacial score (nSPS) is 12.6. The molecule has 2 atom stereocenters. The molecule has 0 aliphatic rings. The van der Waals surface area contributed by atoms with Crippen LogP contribution in [0.4, 0.5) is 0 Å². The summed E-state index contributed by atoms with van der Waals surface area (Å²) in [6.45, 7) is 8.35. The fourth-order valence-corrected chi connectivity index (χ4v) is 3.17. The summed E-state index contributed by atoms with van der Waals surface area (Å²) < 4.78 is 9.58. The van der Waals surface area contributed by atoms with Crippen LogP contribution in [0.3, 0.4) is 0 Å². The zero-order valence-electron chi connectivity index (χ0n) is 14.6. The van der Waals surface area contributed by atoms with E-state index < -0.39 is 0 Å². The summed E-state index contributed by atoms with van der Waals surface area (Å²) in [5, 5.41) is 0. The van der Waals surface area contributed by atoms with Gasteiger partial charge in [-0.25, -0.2) is 0 Å². The van der Waals surface area contributed by atoms with Crippen LogP contribution in [0, 0.1) is 11.8 Å². The van der Waals surface area contributed by atoms with Crippen LogP contribution in [0.25, 0.3) is 0 Å². The molecule has 0 aromatic heterocycles. The van der Waals surface area contributed by atoms with E-state index in [1.165, 1.54) is 0 Å². The van der Waals surface area contributed by atoms with Crippen molar-refractivity contribution in [3.05, 3.63) is 0 Å². The van der Waals surface area contributed by atoms with E-state index in [1.807, 2.05) is 13.8 Å². The molecule has 128 valence electrons. The van der Waals surface area contributed by atoms with Gasteiger partial charge in [-0.05, 0) is 0 Å². The van der Waals surface area contributed by atoms with Crippen LogP contribution in [0.5, 0.6) is 0 Å². The molecule has 0 aromatic rings. The maximum atomic E-state index is 11.1. The quantitative estimate of drug-likeness (QED) is 0.411. The molecule has 2 unspecified atom stereocenters. The van der Waals surface area contributed by atoms with Crippen molar-refractivity contribution in [2.75, 3.05) is 0 Å². The van der Waals surface area contributed by atoms with Gasteiger partial charge in [0.15, 0.2) is 0 Å². The van der Waals surface area contributed by atoms with Gasteiger partial charge < -0.3 is 0 Å². The van der Waals surface area contributed by atoms with Crippen LogP contribution < -0.4 is 0 Å². The third-order valence-electron chi connectivity index (χ3n) is 3.70. The number of hydrogen-bond donors (Lipinski definition) is 0. The van der Waals surface area contributed by atoms with Crippen LogP contribution in [0.1, 0.15) is 79.1 Å². The molecule has 0 aliphatic heterocycles. The standard InChI is InChI=1S/2C8H16O2.2Sn.2H/c2*1-3-5-6-7(4-2)8(9)10;;;;/h2*7H,3-6H2,1-2H3,(H,9,10);;;;/q;;2*+1;;/p-2. The fourth-order valence-electron chi connectivity index (χ4n) is 2.07. The monoisotopic (exact) mass is 528 g/mol.